The summed E-state index contributed by atoms with van der Waals surface area (Å²) in [7, 11) is 1.63. The maximum absolute atomic E-state index is 10.6. The Balaban J connectivity index is 1.74. The van der Waals surface area contributed by atoms with Gasteiger partial charge in [0.1, 0.15) is 0 Å². The van der Waals surface area contributed by atoms with Crippen molar-refractivity contribution in [3.63, 3.8) is 0 Å². The van der Waals surface area contributed by atoms with Crippen molar-refractivity contribution in [2.75, 3.05) is 7.11 Å². The molecule has 0 heterocycles. The van der Waals surface area contributed by atoms with Crippen LogP contribution in [0.4, 0.5) is 0 Å². The largest absolute Gasteiger partial charge is 0.390 e. The molecule has 146 valence electrons. The lowest BCUT2D eigenvalue weighted by Gasteiger charge is -2.31. The number of rotatable bonds is 8. The van der Waals surface area contributed by atoms with E-state index in [1.165, 1.54) is 11.1 Å². The van der Waals surface area contributed by atoms with E-state index >= 15 is 0 Å². The topological polar surface area (TPSA) is 41.9 Å². The molecule has 2 aromatic carbocycles. The van der Waals surface area contributed by atoms with Crippen LogP contribution in [0.2, 0.25) is 0 Å². The second-order valence-electron chi connectivity index (χ2n) is 7.83. The zero-order chi connectivity index (χ0) is 19.3. The monoisotopic (exact) mass is 369 g/mol. The summed E-state index contributed by atoms with van der Waals surface area (Å²) < 4.78 is 11.4. The summed E-state index contributed by atoms with van der Waals surface area (Å²) in [6, 6.07) is 21.3. The van der Waals surface area contributed by atoms with Crippen molar-refractivity contribution in [3.8, 4) is 0 Å². The van der Waals surface area contributed by atoms with Gasteiger partial charge in [-0.3, -0.25) is 4.90 Å². The molecule has 0 saturated heterocycles. The maximum atomic E-state index is 10.6. The molecular weight excluding hydrogens is 338 g/mol. The third kappa shape index (κ3) is 5.63. The average Bonchev–Trinajstić information content (AvgIpc) is 3.03. The van der Waals surface area contributed by atoms with Gasteiger partial charge in [0.25, 0.3) is 0 Å². The Morgan fingerprint density at radius 1 is 0.926 bits per heavy atom. The maximum Gasteiger partial charge on any atom is 0.162 e. The lowest BCUT2D eigenvalue weighted by molar-refractivity contribution is -0.235. The molecule has 1 aliphatic carbocycles. The summed E-state index contributed by atoms with van der Waals surface area (Å²) in [5.41, 5.74) is 2.56. The van der Waals surface area contributed by atoms with Gasteiger partial charge >= 0.3 is 0 Å². The van der Waals surface area contributed by atoms with Crippen LogP contribution in [0.5, 0.6) is 0 Å². The lowest BCUT2D eigenvalue weighted by atomic mass is 10.1. The van der Waals surface area contributed by atoms with Crippen molar-refractivity contribution in [1.29, 1.82) is 0 Å². The van der Waals surface area contributed by atoms with E-state index < -0.39 is 11.9 Å². The van der Waals surface area contributed by atoms with E-state index in [-0.39, 0.29) is 12.1 Å². The first-order valence-electron chi connectivity index (χ1n) is 9.70. The molecule has 3 atom stereocenters. The molecule has 27 heavy (non-hydrogen) atoms. The quantitative estimate of drug-likeness (QED) is 0.715. The number of benzene rings is 2. The summed E-state index contributed by atoms with van der Waals surface area (Å²) in [6.45, 7) is 5.48. The van der Waals surface area contributed by atoms with Crippen molar-refractivity contribution >= 4 is 0 Å². The Bertz CT molecular complexity index is 648. The van der Waals surface area contributed by atoms with E-state index in [0.717, 1.165) is 19.5 Å². The summed E-state index contributed by atoms with van der Waals surface area (Å²) in [4.78, 5) is 2.46. The number of nitrogens with zero attached hydrogens (tertiary/aromatic N) is 1. The standard InChI is InChI=1S/C23H31NO3/c1-23(2,26-3)27-22-15-20(14-21(22)25)24(16-18-10-6-4-7-11-18)17-19-12-8-5-9-13-19/h4-13,20-22,25H,14-17H2,1-3H3. The van der Waals surface area contributed by atoms with Crippen LogP contribution in [0.3, 0.4) is 0 Å². The van der Waals surface area contributed by atoms with Gasteiger partial charge in [0, 0.05) is 26.2 Å². The van der Waals surface area contributed by atoms with Crippen LogP contribution < -0.4 is 0 Å². The zero-order valence-corrected chi connectivity index (χ0v) is 16.5. The fraction of sp³-hybridized carbons (Fsp3) is 0.478. The number of aliphatic hydroxyl groups excluding tert-OH is 1. The van der Waals surface area contributed by atoms with Gasteiger partial charge in [-0.25, -0.2) is 0 Å². The fourth-order valence-corrected chi connectivity index (χ4v) is 3.74. The lowest BCUT2D eigenvalue weighted by Crippen LogP contribution is -2.36. The molecule has 1 saturated carbocycles. The van der Waals surface area contributed by atoms with Gasteiger partial charge in [-0.15, -0.1) is 0 Å². The second-order valence-corrected chi connectivity index (χ2v) is 7.83. The Hall–Kier alpha value is -1.72. The highest BCUT2D eigenvalue weighted by Crippen LogP contribution is 2.32. The van der Waals surface area contributed by atoms with E-state index in [1.807, 2.05) is 26.0 Å². The minimum Gasteiger partial charge on any atom is -0.390 e. The molecule has 0 aromatic heterocycles. The smallest absolute Gasteiger partial charge is 0.162 e. The van der Waals surface area contributed by atoms with Gasteiger partial charge in [0.05, 0.1) is 12.2 Å². The second kappa shape index (κ2) is 8.98. The predicted molar refractivity (Wildman–Crippen MR) is 107 cm³/mol. The third-order valence-corrected chi connectivity index (χ3v) is 5.35. The van der Waals surface area contributed by atoms with Crippen LogP contribution in [0.15, 0.2) is 60.7 Å². The molecule has 0 spiro atoms. The van der Waals surface area contributed by atoms with E-state index in [0.29, 0.717) is 6.42 Å². The van der Waals surface area contributed by atoms with E-state index in [2.05, 4.69) is 53.4 Å². The molecule has 0 amide bonds. The number of methoxy groups -OCH3 is 1. The predicted octanol–water partition coefficient (Wildman–Crippen LogP) is 3.98. The summed E-state index contributed by atoms with van der Waals surface area (Å²) in [6.07, 6.45) is 0.829. The van der Waals surface area contributed by atoms with E-state index in [1.54, 1.807) is 7.11 Å². The highest BCUT2D eigenvalue weighted by Gasteiger charge is 2.39. The van der Waals surface area contributed by atoms with E-state index in [9.17, 15) is 5.11 Å². The number of aliphatic hydroxyl groups is 1. The Morgan fingerprint density at radius 2 is 1.44 bits per heavy atom. The van der Waals surface area contributed by atoms with E-state index in [4.69, 9.17) is 9.47 Å². The van der Waals surface area contributed by atoms with Crippen LogP contribution >= 0.6 is 0 Å². The first-order valence-corrected chi connectivity index (χ1v) is 9.70. The van der Waals surface area contributed by atoms with Gasteiger partial charge in [-0.1, -0.05) is 60.7 Å². The highest BCUT2D eigenvalue weighted by atomic mass is 16.7. The normalized spacial score (nSPS) is 23.1. The molecule has 0 aliphatic heterocycles. The van der Waals surface area contributed by atoms with Crippen molar-refractivity contribution in [2.45, 2.75) is 63.8 Å². The van der Waals surface area contributed by atoms with Crippen molar-refractivity contribution < 1.29 is 14.6 Å². The zero-order valence-electron chi connectivity index (χ0n) is 16.5. The van der Waals surface area contributed by atoms with Crippen LogP contribution in [0.1, 0.15) is 37.8 Å². The van der Waals surface area contributed by atoms with Crippen LogP contribution in [0.25, 0.3) is 0 Å². The summed E-state index contributed by atoms with van der Waals surface area (Å²) >= 11 is 0. The molecule has 2 aromatic rings. The third-order valence-electron chi connectivity index (χ3n) is 5.35. The molecule has 4 heteroatoms. The van der Waals surface area contributed by atoms with Gasteiger partial charge in [0.2, 0.25) is 0 Å². The number of ether oxygens (including phenoxy) is 2. The molecule has 0 bridgehead atoms. The van der Waals surface area contributed by atoms with Crippen LogP contribution in [-0.4, -0.2) is 41.2 Å². The van der Waals surface area contributed by atoms with Crippen molar-refractivity contribution in [3.05, 3.63) is 71.8 Å². The average molecular weight is 370 g/mol. The Kier molecular flexibility index (Phi) is 6.66. The molecule has 3 rings (SSSR count). The first-order chi connectivity index (χ1) is 13.0. The fourth-order valence-electron chi connectivity index (χ4n) is 3.74. The molecule has 1 aliphatic rings. The van der Waals surface area contributed by atoms with Gasteiger partial charge in [0.15, 0.2) is 5.79 Å². The summed E-state index contributed by atoms with van der Waals surface area (Å²) in [5.74, 6) is -0.690. The minimum absolute atomic E-state index is 0.209. The number of hydrogen-bond acceptors (Lipinski definition) is 4. The Morgan fingerprint density at radius 3 is 1.93 bits per heavy atom. The molecule has 3 unspecified atom stereocenters. The van der Waals surface area contributed by atoms with Gasteiger partial charge in [-0.2, -0.15) is 0 Å². The van der Waals surface area contributed by atoms with Gasteiger partial charge < -0.3 is 14.6 Å². The molecule has 4 nitrogen and oxygen atoms in total. The first kappa shape index (κ1) is 20.0. The van der Waals surface area contributed by atoms with Crippen LogP contribution in [-0.2, 0) is 22.6 Å². The van der Waals surface area contributed by atoms with Crippen molar-refractivity contribution in [2.24, 2.45) is 0 Å². The number of hydrogen-bond donors (Lipinski definition) is 1. The van der Waals surface area contributed by atoms with Crippen molar-refractivity contribution in [1.82, 2.24) is 4.90 Å². The van der Waals surface area contributed by atoms with Gasteiger partial charge in [-0.05, 0) is 37.8 Å². The van der Waals surface area contributed by atoms with Crippen LogP contribution in [0, 0.1) is 0 Å². The Labute approximate surface area is 162 Å². The molecule has 1 fully saturated rings. The summed E-state index contributed by atoms with van der Waals surface area (Å²) in [5, 5.41) is 10.6. The highest BCUT2D eigenvalue weighted by molar-refractivity contribution is 5.17. The molecular formula is C23H31NO3. The molecule has 1 N–H and O–H groups in total. The SMILES string of the molecule is COC(C)(C)OC1CC(N(Cc2ccccc2)Cc2ccccc2)CC1O. The molecule has 0 radical (unpaired) electrons. The minimum atomic E-state index is -0.690.